The molecule has 5 heteroatoms. The molecule has 0 saturated carbocycles. The highest BCUT2D eigenvalue weighted by atomic mass is 35.5. The SMILES string of the molecule is Cl.c1ccc2[nH]c(CCCCc3nc4ccccc4[nH]3)nc2c1. The second-order valence-corrected chi connectivity index (χ2v) is 5.61. The van der Waals surface area contributed by atoms with E-state index in [2.05, 4.69) is 32.1 Å². The molecule has 4 aromatic rings. The number of aryl methyl sites for hydroxylation is 2. The summed E-state index contributed by atoms with van der Waals surface area (Å²) in [7, 11) is 0. The van der Waals surface area contributed by atoms with Gasteiger partial charge in [0.15, 0.2) is 0 Å². The average molecular weight is 327 g/mol. The molecule has 2 aromatic carbocycles. The number of benzene rings is 2. The lowest BCUT2D eigenvalue weighted by Crippen LogP contribution is -1.92. The number of H-pyrrole nitrogens is 2. The second-order valence-electron chi connectivity index (χ2n) is 5.61. The summed E-state index contributed by atoms with van der Waals surface area (Å²) in [5.74, 6) is 2.15. The number of fused-ring (bicyclic) bond motifs is 2. The molecular formula is C18H19ClN4. The lowest BCUT2D eigenvalue weighted by molar-refractivity contribution is 0.698. The molecule has 0 atom stereocenters. The first-order chi connectivity index (χ1) is 10.9. The fraction of sp³-hybridized carbons (Fsp3) is 0.222. The van der Waals surface area contributed by atoms with Gasteiger partial charge in [-0.1, -0.05) is 24.3 Å². The zero-order valence-corrected chi connectivity index (χ0v) is 13.6. The van der Waals surface area contributed by atoms with Crippen LogP contribution < -0.4 is 0 Å². The molecule has 0 fully saturated rings. The van der Waals surface area contributed by atoms with E-state index in [-0.39, 0.29) is 12.4 Å². The summed E-state index contributed by atoms with van der Waals surface area (Å²) in [5.41, 5.74) is 4.34. The normalized spacial score (nSPS) is 11.0. The number of aromatic amines is 2. The third-order valence-corrected chi connectivity index (χ3v) is 3.95. The molecular weight excluding hydrogens is 308 g/mol. The van der Waals surface area contributed by atoms with Crippen molar-refractivity contribution in [3.05, 3.63) is 60.2 Å². The van der Waals surface area contributed by atoms with E-state index in [0.29, 0.717) is 0 Å². The highest BCUT2D eigenvalue weighted by Crippen LogP contribution is 2.14. The van der Waals surface area contributed by atoms with Gasteiger partial charge < -0.3 is 9.97 Å². The number of halogens is 1. The molecule has 0 saturated heterocycles. The van der Waals surface area contributed by atoms with Gasteiger partial charge >= 0.3 is 0 Å². The van der Waals surface area contributed by atoms with Crippen LogP contribution in [-0.4, -0.2) is 19.9 Å². The number of hydrogen-bond acceptors (Lipinski definition) is 2. The van der Waals surface area contributed by atoms with Gasteiger partial charge in [0.25, 0.3) is 0 Å². The monoisotopic (exact) mass is 326 g/mol. The van der Waals surface area contributed by atoms with Crippen LogP contribution in [0, 0.1) is 0 Å². The van der Waals surface area contributed by atoms with Crippen LogP contribution in [-0.2, 0) is 12.8 Å². The Morgan fingerprint density at radius 1 is 0.652 bits per heavy atom. The van der Waals surface area contributed by atoms with Crippen molar-refractivity contribution in [1.82, 2.24) is 19.9 Å². The minimum Gasteiger partial charge on any atom is -0.342 e. The Labute approximate surface area is 140 Å². The average Bonchev–Trinajstić information content (AvgIpc) is 3.14. The number of aromatic nitrogens is 4. The van der Waals surface area contributed by atoms with Crippen LogP contribution in [0.4, 0.5) is 0 Å². The molecule has 4 nitrogen and oxygen atoms in total. The number of para-hydroxylation sites is 4. The minimum absolute atomic E-state index is 0. The van der Waals surface area contributed by atoms with Crippen molar-refractivity contribution in [2.45, 2.75) is 25.7 Å². The largest absolute Gasteiger partial charge is 0.342 e. The number of imidazole rings is 2. The van der Waals surface area contributed by atoms with E-state index in [9.17, 15) is 0 Å². The van der Waals surface area contributed by atoms with Gasteiger partial charge in [-0.2, -0.15) is 0 Å². The molecule has 0 aliphatic rings. The smallest absolute Gasteiger partial charge is 0.107 e. The van der Waals surface area contributed by atoms with Gasteiger partial charge in [-0.25, -0.2) is 9.97 Å². The van der Waals surface area contributed by atoms with Crippen LogP contribution in [0.25, 0.3) is 22.1 Å². The predicted octanol–water partition coefficient (Wildman–Crippen LogP) is 4.43. The Morgan fingerprint density at radius 3 is 1.52 bits per heavy atom. The van der Waals surface area contributed by atoms with Crippen molar-refractivity contribution in [1.29, 1.82) is 0 Å². The number of nitrogens with one attached hydrogen (secondary N) is 2. The Balaban J connectivity index is 0.00000156. The molecule has 2 aromatic heterocycles. The molecule has 4 rings (SSSR count). The van der Waals surface area contributed by atoms with Crippen LogP contribution in [0.5, 0.6) is 0 Å². The topological polar surface area (TPSA) is 57.4 Å². The first-order valence-corrected chi connectivity index (χ1v) is 7.76. The maximum absolute atomic E-state index is 4.61. The van der Waals surface area contributed by atoms with E-state index in [1.165, 1.54) is 0 Å². The highest BCUT2D eigenvalue weighted by molar-refractivity contribution is 5.85. The van der Waals surface area contributed by atoms with Gasteiger partial charge in [-0.05, 0) is 37.1 Å². The molecule has 118 valence electrons. The van der Waals surface area contributed by atoms with Crippen LogP contribution in [0.1, 0.15) is 24.5 Å². The lowest BCUT2D eigenvalue weighted by Gasteiger charge is -1.97. The maximum atomic E-state index is 4.61. The molecule has 0 radical (unpaired) electrons. The number of unbranched alkanes of at least 4 members (excludes halogenated alkanes) is 1. The maximum Gasteiger partial charge on any atom is 0.107 e. The van der Waals surface area contributed by atoms with Crippen molar-refractivity contribution < 1.29 is 0 Å². The molecule has 23 heavy (non-hydrogen) atoms. The fourth-order valence-electron chi connectivity index (χ4n) is 2.83. The summed E-state index contributed by atoms with van der Waals surface area (Å²) in [6, 6.07) is 16.3. The third-order valence-electron chi connectivity index (χ3n) is 3.95. The van der Waals surface area contributed by atoms with Crippen LogP contribution in [0.3, 0.4) is 0 Å². The zero-order valence-electron chi connectivity index (χ0n) is 12.7. The number of hydrogen-bond donors (Lipinski definition) is 2. The van der Waals surface area contributed by atoms with Gasteiger partial charge in [0, 0.05) is 12.8 Å². The van der Waals surface area contributed by atoms with E-state index in [4.69, 9.17) is 0 Å². The van der Waals surface area contributed by atoms with E-state index in [1.54, 1.807) is 0 Å². The Morgan fingerprint density at radius 2 is 1.09 bits per heavy atom. The third kappa shape index (κ3) is 3.37. The van der Waals surface area contributed by atoms with Crippen LogP contribution in [0.2, 0.25) is 0 Å². The van der Waals surface area contributed by atoms with Crippen LogP contribution >= 0.6 is 12.4 Å². The van der Waals surface area contributed by atoms with Gasteiger partial charge in [0.1, 0.15) is 11.6 Å². The Bertz CT molecular complexity index is 767. The summed E-state index contributed by atoms with van der Waals surface area (Å²) in [6.07, 6.45) is 4.18. The first-order valence-electron chi connectivity index (χ1n) is 7.76. The quantitative estimate of drug-likeness (QED) is 0.533. The van der Waals surface area contributed by atoms with E-state index in [0.717, 1.165) is 59.4 Å². The molecule has 0 spiro atoms. The highest BCUT2D eigenvalue weighted by Gasteiger charge is 2.04. The van der Waals surface area contributed by atoms with Crippen molar-refractivity contribution in [2.24, 2.45) is 0 Å². The Kier molecular flexibility index (Phi) is 4.63. The molecule has 0 aliphatic carbocycles. The van der Waals surface area contributed by atoms with Crippen molar-refractivity contribution in [2.75, 3.05) is 0 Å². The lowest BCUT2D eigenvalue weighted by atomic mass is 10.2. The predicted molar refractivity (Wildman–Crippen MR) is 96.1 cm³/mol. The van der Waals surface area contributed by atoms with Gasteiger partial charge in [0.05, 0.1) is 22.1 Å². The fourth-order valence-corrected chi connectivity index (χ4v) is 2.83. The summed E-state index contributed by atoms with van der Waals surface area (Å²) in [4.78, 5) is 16.0. The molecule has 0 unspecified atom stereocenters. The van der Waals surface area contributed by atoms with E-state index >= 15 is 0 Å². The minimum atomic E-state index is 0. The summed E-state index contributed by atoms with van der Waals surface area (Å²) < 4.78 is 0. The summed E-state index contributed by atoms with van der Waals surface area (Å²) >= 11 is 0. The van der Waals surface area contributed by atoms with Crippen molar-refractivity contribution in [3.63, 3.8) is 0 Å². The second kappa shape index (κ2) is 6.84. The first kappa shape index (κ1) is 15.6. The van der Waals surface area contributed by atoms with E-state index in [1.807, 2.05) is 36.4 Å². The van der Waals surface area contributed by atoms with Gasteiger partial charge in [0.2, 0.25) is 0 Å². The standard InChI is InChI=1S/C18H18N4.ClH/c1-2-8-14-13(7-1)19-17(20-14)11-5-6-12-18-21-15-9-3-4-10-16(15)22-18;/h1-4,7-10H,5-6,11-12H2,(H,19,20)(H,21,22);1H. The van der Waals surface area contributed by atoms with Crippen LogP contribution in [0.15, 0.2) is 48.5 Å². The summed E-state index contributed by atoms with van der Waals surface area (Å²) in [6.45, 7) is 0. The molecule has 0 bridgehead atoms. The molecule has 2 N–H and O–H groups in total. The molecule has 0 amide bonds. The van der Waals surface area contributed by atoms with Crippen molar-refractivity contribution in [3.8, 4) is 0 Å². The summed E-state index contributed by atoms with van der Waals surface area (Å²) in [5, 5.41) is 0. The number of rotatable bonds is 5. The van der Waals surface area contributed by atoms with Gasteiger partial charge in [-0.15, -0.1) is 12.4 Å². The number of nitrogens with zero attached hydrogens (tertiary/aromatic N) is 2. The zero-order chi connectivity index (χ0) is 14.8. The molecule has 0 aliphatic heterocycles. The van der Waals surface area contributed by atoms with Gasteiger partial charge in [-0.3, -0.25) is 0 Å². The van der Waals surface area contributed by atoms with E-state index < -0.39 is 0 Å². The Hall–Kier alpha value is -2.33. The van der Waals surface area contributed by atoms with Crippen molar-refractivity contribution >= 4 is 34.5 Å². The molecule has 2 heterocycles.